The summed E-state index contributed by atoms with van der Waals surface area (Å²) in [5, 5.41) is 26.4. The second kappa shape index (κ2) is 15.2. The van der Waals surface area contributed by atoms with Gasteiger partial charge in [-0.05, 0) is 42.9 Å². The number of guanidine groups is 1. The Balaban J connectivity index is 2.67. The van der Waals surface area contributed by atoms with E-state index in [4.69, 9.17) is 17.2 Å². The molecule has 0 saturated heterocycles. The maximum Gasteiger partial charge on any atom is 0.326 e. The molecule has 0 fully saturated rings. The Morgan fingerprint density at radius 3 is 2.19 bits per heavy atom. The highest BCUT2D eigenvalue weighted by atomic mass is 16.4. The van der Waals surface area contributed by atoms with Crippen LogP contribution in [0.15, 0.2) is 29.3 Å². The van der Waals surface area contributed by atoms with Crippen LogP contribution in [0.5, 0.6) is 5.75 Å². The number of amides is 3. The van der Waals surface area contributed by atoms with Crippen LogP contribution in [0.3, 0.4) is 0 Å². The van der Waals surface area contributed by atoms with Gasteiger partial charge in [-0.2, -0.15) is 0 Å². The second-order valence-electron chi connectivity index (χ2n) is 8.79. The zero-order valence-corrected chi connectivity index (χ0v) is 20.6. The number of nitrogens with zero attached hydrogens (tertiary/aromatic N) is 1. The summed E-state index contributed by atoms with van der Waals surface area (Å²) in [5.41, 5.74) is 16.9. The summed E-state index contributed by atoms with van der Waals surface area (Å²) in [7, 11) is 0. The zero-order chi connectivity index (χ0) is 27.3. The fourth-order valence-corrected chi connectivity index (χ4v) is 3.24. The Morgan fingerprint density at radius 1 is 1.00 bits per heavy atom. The summed E-state index contributed by atoms with van der Waals surface area (Å²) < 4.78 is 0. The highest BCUT2D eigenvalue weighted by Gasteiger charge is 2.27. The van der Waals surface area contributed by atoms with Crippen LogP contribution in [0.4, 0.5) is 0 Å². The number of aliphatic carboxylic acids is 1. The zero-order valence-electron chi connectivity index (χ0n) is 20.6. The van der Waals surface area contributed by atoms with Gasteiger partial charge in [0.15, 0.2) is 5.96 Å². The van der Waals surface area contributed by atoms with Crippen LogP contribution in [0, 0.1) is 5.92 Å². The molecule has 0 aromatic heterocycles. The second-order valence-corrected chi connectivity index (χ2v) is 8.79. The first kappa shape index (κ1) is 30.2. The van der Waals surface area contributed by atoms with Gasteiger partial charge in [0.05, 0.1) is 12.6 Å². The van der Waals surface area contributed by atoms with Crippen LogP contribution in [0.25, 0.3) is 0 Å². The third-order valence-electron chi connectivity index (χ3n) is 5.08. The Kier molecular flexibility index (Phi) is 12.7. The molecule has 11 N–H and O–H groups in total. The SMILES string of the molecule is CC(C)CC(NC(=O)CNC(=O)C(N)CCCN=C(N)N)C(=O)NC(Cc1ccc(O)cc1)C(=O)O. The first-order valence-corrected chi connectivity index (χ1v) is 11.6. The molecule has 0 radical (unpaired) electrons. The third-order valence-corrected chi connectivity index (χ3v) is 5.08. The van der Waals surface area contributed by atoms with Gasteiger partial charge >= 0.3 is 5.97 Å². The van der Waals surface area contributed by atoms with Gasteiger partial charge in [-0.25, -0.2) is 4.79 Å². The lowest BCUT2D eigenvalue weighted by Gasteiger charge is -2.23. The van der Waals surface area contributed by atoms with Crippen molar-refractivity contribution in [1.82, 2.24) is 16.0 Å². The molecule has 1 aromatic rings. The van der Waals surface area contributed by atoms with Gasteiger partial charge in [-0.3, -0.25) is 19.4 Å². The summed E-state index contributed by atoms with van der Waals surface area (Å²) in [5.74, 6) is -3.08. The molecule has 0 bridgehead atoms. The van der Waals surface area contributed by atoms with Crippen molar-refractivity contribution in [3.63, 3.8) is 0 Å². The van der Waals surface area contributed by atoms with Crippen molar-refractivity contribution < 1.29 is 29.4 Å². The normalized spacial score (nSPS) is 13.2. The minimum absolute atomic E-state index is 0.00894. The molecule has 200 valence electrons. The topological polar surface area (TPSA) is 235 Å². The molecule has 0 saturated carbocycles. The van der Waals surface area contributed by atoms with E-state index in [1.54, 1.807) is 12.1 Å². The van der Waals surface area contributed by atoms with Crippen LogP contribution in [-0.2, 0) is 25.6 Å². The number of benzene rings is 1. The van der Waals surface area contributed by atoms with Gasteiger partial charge in [0.25, 0.3) is 0 Å². The van der Waals surface area contributed by atoms with Crippen LogP contribution < -0.4 is 33.2 Å². The quantitative estimate of drug-likeness (QED) is 0.0784. The lowest BCUT2D eigenvalue weighted by atomic mass is 10.0. The summed E-state index contributed by atoms with van der Waals surface area (Å²) in [6.07, 6.45) is 1.02. The smallest absolute Gasteiger partial charge is 0.326 e. The van der Waals surface area contributed by atoms with E-state index in [-0.39, 0.29) is 30.5 Å². The van der Waals surface area contributed by atoms with E-state index in [0.717, 1.165) is 0 Å². The lowest BCUT2D eigenvalue weighted by molar-refractivity contribution is -0.142. The number of nitrogens with one attached hydrogen (secondary N) is 3. The lowest BCUT2D eigenvalue weighted by Crippen LogP contribution is -2.54. The average molecular weight is 508 g/mol. The number of carbonyl (C=O) groups excluding carboxylic acids is 3. The van der Waals surface area contributed by atoms with Crippen molar-refractivity contribution in [3.05, 3.63) is 29.8 Å². The van der Waals surface area contributed by atoms with E-state index >= 15 is 0 Å². The first-order chi connectivity index (χ1) is 16.9. The Morgan fingerprint density at radius 2 is 1.64 bits per heavy atom. The molecule has 0 aliphatic carbocycles. The van der Waals surface area contributed by atoms with Crippen LogP contribution in [-0.4, -0.2) is 71.1 Å². The van der Waals surface area contributed by atoms with Crippen LogP contribution in [0.1, 0.15) is 38.7 Å². The molecule has 0 aliphatic rings. The number of aliphatic imine (C=N–C) groups is 1. The van der Waals surface area contributed by atoms with E-state index < -0.39 is 48.4 Å². The summed E-state index contributed by atoms with van der Waals surface area (Å²) in [4.78, 5) is 52.9. The van der Waals surface area contributed by atoms with Gasteiger partial charge in [-0.1, -0.05) is 26.0 Å². The number of carbonyl (C=O) groups is 4. The summed E-state index contributed by atoms with van der Waals surface area (Å²) in [6, 6.07) is 2.83. The Bertz CT molecular complexity index is 916. The van der Waals surface area contributed by atoms with Gasteiger partial charge in [0, 0.05) is 13.0 Å². The van der Waals surface area contributed by atoms with E-state index in [1.165, 1.54) is 12.1 Å². The van der Waals surface area contributed by atoms with Crippen molar-refractivity contribution in [3.8, 4) is 5.75 Å². The van der Waals surface area contributed by atoms with Crippen molar-refractivity contribution in [1.29, 1.82) is 0 Å². The van der Waals surface area contributed by atoms with Crippen molar-refractivity contribution >= 4 is 29.7 Å². The summed E-state index contributed by atoms with van der Waals surface area (Å²) >= 11 is 0. The van der Waals surface area contributed by atoms with E-state index in [1.807, 2.05) is 13.8 Å². The van der Waals surface area contributed by atoms with E-state index in [0.29, 0.717) is 24.9 Å². The number of carboxylic acid groups (broad SMARTS) is 1. The maximum atomic E-state index is 12.8. The highest BCUT2D eigenvalue weighted by Crippen LogP contribution is 2.12. The Labute approximate surface area is 209 Å². The number of carboxylic acids is 1. The van der Waals surface area contributed by atoms with Crippen molar-refractivity contribution in [2.24, 2.45) is 28.1 Å². The van der Waals surface area contributed by atoms with Gasteiger partial charge < -0.3 is 43.4 Å². The largest absolute Gasteiger partial charge is 0.508 e. The fourth-order valence-electron chi connectivity index (χ4n) is 3.24. The Hall–Kier alpha value is -3.87. The van der Waals surface area contributed by atoms with Crippen molar-refractivity contribution in [2.75, 3.05) is 13.1 Å². The maximum absolute atomic E-state index is 12.8. The van der Waals surface area contributed by atoms with E-state index in [9.17, 15) is 29.4 Å². The molecular weight excluding hydrogens is 470 g/mol. The number of hydrogen-bond donors (Lipinski definition) is 8. The predicted molar refractivity (Wildman–Crippen MR) is 134 cm³/mol. The highest BCUT2D eigenvalue weighted by molar-refractivity contribution is 5.92. The van der Waals surface area contributed by atoms with E-state index in [2.05, 4.69) is 20.9 Å². The first-order valence-electron chi connectivity index (χ1n) is 11.6. The molecule has 3 unspecified atom stereocenters. The molecule has 0 heterocycles. The van der Waals surface area contributed by atoms with Gasteiger partial charge in [-0.15, -0.1) is 0 Å². The van der Waals surface area contributed by atoms with Crippen LogP contribution in [0.2, 0.25) is 0 Å². The molecule has 1 rings (SSSR count). The molecule has 13 heteroatoms. The minimum Gasteiger partial charge on any atom is -0.508 e. The molecular formula is C23H37N7O6. The number of hydrogen-bond acceptors (Lipinski definition) is 7. The number of phenols is 1. The molecule has 3 atom stereocenters. The molecule has 0 aliphatic heterocycles. The molecule has 1 aromatic carbocycles. The minimum atomic E-state index is -1.25. The molecule has 3 amide bonds. The number of nitrogens with two attached hydrogens (primary N) is 3. The fraction of sp³-hybridized carbons (Fsp3) is 0.522. The number of phenolic OH excluding ortho intramolecular Hbond substituents is 1. The molecule has 36 heavy (non-hydrogen) atoms. The molecule has 13 nitrogen and oxygen atoms in total. The average Bonchev–Trinajstić information content (AvgIpc) is 2.80. The van der Waals surface area contributed by atoms with Crippen molar-refractivity contribution in [2.45, 2.75) is 57.7 Å². The molecule has 0 spiro atoms. The van der Waals surface area contributed by atoms with Gasteiger partial charge in [0.1, 0.15) is 17.8 Å². The predicted octanol–water partition coefficient (Wildman–Crippen LogP) is -1.47. The summed E-state index contributed by atoms with van der Waals surface area (Å²) in [6.45, 7) is 3.61. The number of rotatable bonds is 15. The number of aromatic hydroxyl groups is 1. The van der Waals surface area contributed by atoms with Crippen LogP contribution >= 0.6 is 0 Å². The monoisotopic (exact) mass is 507 g/mol. The third kappa shape index (κ3) is 12.0. The standard InChI is InChI=1S/C23H37N7O6/c1-13(2)10-17(21(34)30-18(22(35)36)11-14-5-7-15(31)8-6-14)29-19(32)12-28-20(33)16(24)4-3-9-27-23(25)26/h5-8,13,16-18,31H,3-4,9-12,24H2,1-2H3,(H,28,33)(H,29,32)(H,30,34)(H,35,36)(H4,25,26,27). The van der Waals surface area contributed by atoms with Gasteiger partial charge in [0.2, 0.25) is 17.7 Å².